The second kappa shape index (κ2) is 3.96. The molecule has 0 fully saturated rings. The van der Waals surface area contributed by atoms with Crippen LogP contribution in [0, 0.1) is 0 Å². The molecule has 74 valence electrons. The normalized spacial score (nSPS) is 9.57. The number of nitrogens with two attached hydrogens (primary N) is 1. The van der Waals surface area contributed by atoms with Gasteiger partial charge < -0.3 is 10.5 Å². The Bertz CT molecular complexity index is 383. The van der Waals surface area contributed by atoms with Gasteiger partial charge in [0.1, 0.15) is 0 Å². The number of carbonyl (C=O) groups excluding carboxylic acids is 1. The Kier molecular flexibility index (Phi) is 2.92. The maximum Gasteiger partial charge on any atom is 0.337 e. The molecule has 1 aromatic carbocycles. The van der Waals surface area contributed by atoms with Crippen molar-refractivity contribution in [1.82, 2.24) is 0 Å². The molecule has 0 saturated heterocycles. The number of nitrogen functional groups attached to an aromatic ring is 1. The Hall–Kier alpha value is -1.77. The lowest BCUT2D eigenvalue weighted by atomic mass is 10.0. The van der Waals surface area contributed by atoms with Crippen LogP contribution in [0.2, 0.25) is 0 Å². The first-order chi connectivity index (χ1) is 6.54. The fourth-order valence-electron chi connectivity index (χ4n) is 1.13. The van der Waals surface area contributed by atoms with Gasteiger partial charge in [0, 0.05) is 5.69 Å². The minimum absolute atomic E-state index is 0.389. The van der Waals surface area contributed by atoms with Gasteiger partial charge in [-0.05, 0) is 30.7 Å². The molecule has 2 N–H and O–H groups in total. The summed E-state index contributed by atoms with van der Waals surface area (Å²) in [6.07, 6.45) is 0. The van der Waals surface area contributed by atoms with Crippen molar-refractivity contribution in [2.24, 2.45) is 0 Å². The third-order valence-corrected chi connectivity index (χ3v) is 1.87. The summed E-state index contributed by atoms with van der Waals surface area (Å²) in [7, 11) is 1.34. The van der Waals surface area contributed by atoms with E-state index < -0.39 is 0 Å². The van der Waals surface area contributed by atoms with Crippen molar-refractivity contribution < 1.29 is 9.53 Å². The highest BCUT2D eigenvalue weighted by atomic mass is 16.5. The van der Waals surface area contributed by atoms with Crippen LogP contribution in [-0.4, -0.2) is 13.1 Å². The van der Waals surface area contributed by atoms with Gasteiger partial charge >= 0.3 is 5.97 Å². The van der Waals surface area contributed by atoms with Gasteiger partial charge in [-0.2, -0.15) is 0 Å². The molecule has 3 nitrogen and oxygen atoms in total. The van der Waals surface area contributed by atoms with Crippen molar-refractivity contribution in [3.8, 4) is 0 Å². The molecule has 0 aliphatic heterocycles. The number of benzene rings is 1. The van der Waals surface area contributed by atoms with Gasteiger partial charge in [-0.1, -0.05) is 12.2 Å². The highest BCUT2D eigenvalue weighted by molar-refractivity contribution is 5.91. The predicted molar refractivity (Wildman–Crippen MR) is 56.9 cm³/mol. The van der Waals surface area contributed by atoms with E-state index in [9.17, 15) is 4.79 Å². The molecule has 14 heavy (non-hydrogen) atoms. The Labute approximate surface area is 83.2 Å². The Morgan fingerprint density at radius 2 is 1.93 bits per heavy atom. The van der Waals surface area contributed by atoms with E-state index in [1.165, 1.54) is 7.11 Å². The van der Waals surface area contributed by atoms with Crippen LogP contribution in [0.5, 0.6) is 0 Å². The Balaban J connectivity index is 3.20. The van der Waals surface area contributed by atoms with Crippen LogP contribution < -0.4 is 5.73 Å². The summed E-state index contributed by atoms with van der Waals surface area (Å²) in [5, 5.41) is 0. The SMILES string of the molecule is C=C(C)c1cc(N)cc(C(=O)OC)c1. The maximum absolute atomic E-state index is 11.2. The summed E-state index contributed by atoms with van der Waals surface area (Å²) < 4.78 is 4.60. The van der Waals surface area contributed by atoms with Crippen LogP contribution in [0.1, 0.15) is 22.8 Å². The van der Waals surface area contributed by atoms with E-state index >= 15 is 0 Å². The molecule has 0 amide bonds. The molecule has 0 atom stereocenters. The summed E-state index contributed by atoms with van der Waals surface area (Å²) in [5.74, 6) is -0.389. The molecule has 0 bridgehead atoms. The summed E-state index contributed by atoms with van der Waals surface area (Å²) in [6.45, 7) is 5.64. The third-order valence-electron chi connectivity index (χ3n) is 1.87. The number of hydrogen-bond acceptors (Lipinski definition) is 3. The lowest BCUT2D eigenvalue weighted by Gasteiger charge is -2.05. The van der Waals surface area contributed by atoms with E-state index in [1.54, 1.807) is 18.2 Å². The minimum atomic E-state index is -0.389. The van der Waals surface area contributed by atoms with Gasteiger partial charge in [0.15, 0.2) is 0 Å². The van der Waals surface area contributed by atoms with Crippen LogP contribution in [0.15, 0.2) is 24.8 Å². The van der Waals surface area contributed by atoms with Gasteiger partial charge in [0.05, 0.1) is 12.7 Å². The van der Waals surface area contributed by atoms with Crippen LogP contribution in [0.3, 0.4) is 0 Å². The molecular formula is C11H13NO2. The topological polar surface area (TPSA) is 52.3 Å². The summed E-state index contributed by atoms with van der Waals surface area (Å²) in [4.78, 5) is 11.2. The lowest BCUT2D eigenvalue weighted by molar-refractivity contribution is 0.0601. The molecule has 0 saturated carbocycles. The van der Waals surface area contributed by atoms with E-state index in [0.717, 1.165) is 11.1 Å². The third kappa shape index (κ3) is 2.13. The molecule has 1 rings (SSSR count). The largest absolute Gasteiger partial charge is 0.465 e. The maximum atomic E-state index is 11.2. The average Bonchev–Trinajstić information content (AvgIpc) is 2.15. The van der Waals surface area contributed by atoms with Crippen molar-refractivity contribution in [1.29, 1.82) is 0 Å². The molecule has 0 heterocycles. The highest BCUT2D eigenvalue weighted by Gasteiger charge is 2.07. The second-order valence-corrected chi connectivity index (χ2v) is 3.12. The predicted octanol–water partition coefficient (Wildman–Crippen LogP) is 2.09. The van der Waals surface area contributed by atoms with Crippen molar-refractivity contribution >= 4 is 17.2 Å². The molecule has 0 aliphatic carbocycles. The number of esters is 1. The number of ether oxygens (including phenoxy) is 1. The molecule has 0 aromatic heterocycles. The molecule has 0 radical (unpaired) electrons. The van der Waals surface area contributed by atoms with E-state index in [4.69, 9.17) is 5.73 Å². The van der Waals surface area contributed by atoms with Crippen LogP contribution in [-0.2, 0) is 4.74 Å². The molecule has 3 heteroatoms. The zero-order chi connectivity index (χ0) is 10.7. The lowest BCUT2D eigenvalue weighted by Crippen LogP contribution is -2.03. The van der Waals surface area contributed by atoms with Gasteiger partial charge in [0.25, 0.3) is 0 Å². The summed E-state index contributed by atoms with van der Waals surface area (Å²) >= 11 is 0. The zero-order valence-corrected chi connectivity index (χ0v) is 8.33. The summed E-state index contributed by atoms with van der Waals surface area (Å²) in [6, 6.07) is 5.07. The first kappa shape index (κ1) is 10.3. The number of carbonyl (C=O) groups is 1. The standard InChI is InChI=1S/C11H13NO2/c1-7(2)8-4-9(11(13)14-3)6-10(12)5-8/h4-6H,1,12H2,2-3H3. The van der Waals surface area contributed by atoms with E-state index in [0.29, 0.717) is 11.3 Å². The van der Waals surface area contributed by atoms with E-state index in [-0.39, 0.29) is 5.97 Å². The van der Waals surface area contributed by atoms with Crippen LogP contribution in [0.4, 0.5) is 5.69 Å². The molecule has 0 aliphatic rings. The van der Waals surface area contributed by atoms with Crippen molar-refractivity contribution in [3.63, 3.8) is 0 Å². The fourth-order valence-corrected chi connectivity index (χ4v) is 1.13. The molecule has 0 unspecified atom stereocenters. The zero-order valence-electron chi connectivity index (χ0n) is 8.33. The van der Waals surface area contributed by atoms with Gasteiger partial charge in [-0.25, -0.2) is 4.79 Å². The number of methoxy groups -OCH3 is 1. The van der Waals surface area contributed by atoms with Gasteiger partial charge in [0.2, 0.25) is 0 Å². The van der Waals surface area contributed by atoms with Crippen molar-refractivity contribution in [2.45, 2.75) is 6.92 Å². The number of allylic oxidation sites excluding steroid dienone is 1. The molecular weight excluding hydrogens is 178 g/mol. The van der Waals surface area contributed by atoms with E-state index in [1.807, 2.05) is 6.92 Å². The van der Waals surface area contributed by atoms with Crippen LogP contribution in [0.25, 0.3) is 5.57 Å². The highest BCUT2D eigenvalue weighted by Crippen LogP contribution is 2.18. The number of hydrogen-bond donors (Lipinski definition) is 1. The number of anilines is 1. The monoisotopic (exact) mass is 191 g/mol. The van der Waals surface area contributed by atoms with Crippen molar-refractivity contribution in [2.75, 3.05) is 12.8 Å². The van der Waals surface area contributed by atoms with Gasteiger partial charge in [-0.3, -0.25) is 0 Å². The second-order valence-electron chi connectivity index (χ2n) is 3.12. The first-order valence-electron chi connectivity index (χ1n) is 4.19. The van der Waals surface area contributed by atoms with Crippen LogP contribution >= 0.6 is 0 Å². The van der Waals surface area contributed by atoms with Crippen molar-refractivity contribution in [3.05, 3.63) is 35.9 Å². The average molecular weight is 191 g/mol. The Morgan fingerprint density at radius 3 is 2.43 bits per heavy atom. The van der Waals surface area contributed by atoms with E-state index in [2.05, 4.69) is 11.3 Å². The van der Waals surface area contributed by atoms with Gasteiger partial charge in [-0.15, -0.1) is 0 Å². The molecule has 1 aromatic rings. The number of rotatable bonds is 2. The first-order valence-corrected chi connectivity index (χ1v) is 4.19. The Morgan fingerprint density at radius 1 is 1.36 bits per heavy atom. The fraction of sp³-hybridized carbons (Fsp3) is 0.182. The quantitative estimate of drug-likeness (QED) is 0.575. The summed E-state index contributed by atoms with van der Waals surface area (Å²) in [5.41, 5.74) is 8.34. The molecule has 0 spiro atoms. The smallest absolute Gasteiger partial charge is 0.337 e. The minimum Gasteiger partial charge on any atom is -0.465 e.